The average Bonchev–Trinajstić information content (AvgIpc) is 2.57. The first-order chi connectivity index (χ1) is 11.1. The quantitative estimate of drug-likeness (QED) is 0.755. The van der Waals surface area contributed by atoms with Crippen LogP contribution in [0.4, 0.5) is 4.39 Å². The lowest BCUT2D eigenvalue weighted by Gasteiger charge is -2.30. The van der Waals surface area contributed by atoms with Gasteiger partial charge in [0.2, 0.25) is 5.91 Å². The van der Waals surface area contributed by atoms with Crippen molar-refractivity contribution in [3.63, 3.8) is 0 Å². The Morgan fingerprint density at radius 2 is 2.25 bits per heavy atom. The first kappa shape index (κ1) is 20.7. The molecular formula is C19H28ClFN2O. The highest BCUT2D eigenvalue weighted by atomic mass is 35.5. The smallest absolute Gasteiger partial charge is 0.223 e. The summed E-state index contributed by atoms with van der Waals surface area (Å²) in [7, 11) is 0. The van der Waals surface area contributed by atoms with E-state index in [0.29, 0.717) is 36.9 Å². The minimum absolute atomic E-state index is 0. The zero-order valence-electron chi connectivity index (χ0n) is 14.3. The second-order valence-corrected chi connectivity index (χ2v) is 6.44. The Bertz CT molecular complexity index is 532. The second-order valence-electron chi connectivity index (χ2n) is 6.44. The van der Waals surface area contributed by atoms with Crippen molar-refractivity contribution in [3.05, 3.63) is 48.3 Å². The SMILES string of the molecule is C=CCN(Cc1ccccc1F)C(=O)CC(C)C1CCCNC1.Cl. The predicted octanol–water partition coefficient (Wildman–Crippen LogP) is 3.79. The van der Waals surface area contributed by atoms with Crippen molar-refractivity contribution < 1.29 is 9.18 Å². The molecule has 1 aromatic carbocycles. The predicted molar refractivity (Wildman–Crippen MR) is 98.6 cm³/mol. The maximum absolute atomic E-state index is 13.8. The number of nitrogens with zero attached hydrogens (tertiary/aromatic N) is 1. The molecule has 1 heterocycles. The summed E-state index contributed by atoms with van der Waals surface area (Å²) in [5.74, 6) is 0.695. The molecule has 0 saturated carbocycles. The van der Waals surface area contributed by atoms with Crippen LogP contribution in [0.5, 0.6) is 0 Å². The molecule has 2 rings (SSSR count). The Balaban J connectivity index is 0.00000288. The van der Waals surface area contributed by atoms with Gasteiger partial charge in [-0.05, 0) is 43.8 Å². The number of halogens is 2. The van der Waals surface area contributed by atoms with E-state index in [9.17, 15) is 9.18 Å². The summed E-state index contributed by atoms with van der Waals surface area (Å²) in [5, 5.41) is 3.40. The lowest BCUT2D eigenvalue weighted by atomic mass is 9.85. The fourth-order valence-corrected chi connectivity index (χ4v) is 3.18. The van der Waals surface area contributed by atoms with Crippen molar-refractivity contribution in [2.75, 3.05) is 19.6 Å². The number of hydrogen-bond donors (Lipinski definition) is 1. The minimum atomic E-state index is -0.265. The van der Waals surface area contributed by atoms with E-state index < -0.39 is 0 Å². The molecular weight excluding hydrogens is 327 g/mol. The first-order valence-electron chi connectivity index (χ1n) is 8.44. The number of nitrogens with one attached hydrogen (secondary N) is 1. The molecule has 2 unspecified atom stereocenters. The van der Waals surface area contributed by atoms with E-state index in [1.807, 2.05) is 0 Å². The maximum atomic E-state index is 13.8. The number of benzene rings is 1. The molecule has 1 amide bonds. The van der Waals surface area contributed by atoms with Gasteiger partial charge in [-0.1, -0.05) is 31.2 Å². The number of amides is 1. The van der Waals surface area contributed by atoms with Gasteiger partial charge in [-0.2, -0.15) is 0 Å². The van der Waals surface area contributed by atoms with Crippen LogP contribution in [0.3, 0.4) is 0 Å². The highest BCUT2D eigenvalue weighted by Gasteiger charge is 2.24. The normalized spacial score (nSPS) is 18.3. The van der Waals surface area contributed by atoms with Gasteiger partial charge >= 0.3 is 0 Å². The monoisotopic (exact) mass is 354 g/mol. The van der Waals surface area contributed by atoms with Crippen LogP contribution in [-0.4, -0.2) is 30.4 Å². The average molecular weight is 355 g/mol. The molecule has 1 saturated heterocycles. The second kappa shape index (κ2) is 10.5. The van der Waals surface area contributed by atoms with Crippen molar-refractivity contribution in [1.82, 2.24) is 10.2 Å². The Kier molecular flexibility index (Phi) is 9.01. The number of rotatable bonds is 7. The van der Waals surface area contributed by atoms with Crippen LogP contribution in [0.1, 0.15) is 31.7 Å². The van der Waals surface area contributed by atoms with Crippen LogP contribution in [0, 0.1) is 17.7 Å². The van der Waals surface area contributed by atoms with Gasteiger partial charge in [0, 0.05) is 25.1 Å². The zero-order valence-corrected chi connectivity index (χ0v) is 15.2. The lowest BCUT2D eigenvalue weighted by molar-refractivity contribution is -0.132. The van der Waals surface area contributed by atoms with Crippen LogP contribution in [-0.2, 0) is 11.3 Å². The van der Waals surface area contributed by atoms with Gasteiger partial charge in [-0.3, -0.25) is 4.79 Å². The van der Waals surface area contributed by atoms with Gasteiger partial charge in [0.25, 0.3) is 0 Å². The van der Waals surface area contributed by atoms with Gasteiger partial charge in [0.05, 0.1) is 0 Å². The molecule has 0 spiro atoms. The Morgan fingerprint density at radius 1 is 1.50 bits per heavy atom. The summed E-state index contributed by atoms with van der Waals surface area (Å²) < 4.78 is 13.8. The van der Waals surface area contributed by atoms with Crippen molar-refractivity contribution in [1.29, 1.82) is 0 Å². The van der Waals surface area contributed by atoms with E-state index in [0.717, 1.165) is 13.1 Å². The molecule has 1 fully saturated rings. The first-order valence-corrected chi connectivity index (χ1v) is 8.44. The molecule has 0 aliphatic carbocycles. The van der Waals surface area contributed by atoms with Crippen molar-refractivity contribution in [2.45, 2.75) is 32.7 Å². The fraction of sp³-hybridized carbons (Fsp3) is 0.526. The molecule has 2 atom stereocenters. The molecule has 0 radical (unpaired) electrons. The van der Waals surface area contributed by atoms with Gasteiger partial charge < -0.3 is 10.2 Å². The lowest BCUT2D eigenvalue weighted by Crippen LogP contribution is -2.37. The molecule has 1 aromatic rings. The minimum Gasteiger partial charge on any atom is -0.335 e. The summed E-state index contributed by atoms with van der Waals surface area (Å²) in [6, 6.07) is 6.62. The van der Waals surface area contributed by atoms with Gasteiger partial charge in [0.15, 0.2) is 0 Å². The highest BCUT2D eigenvalue weighted by Crippen LogP contribution is 2.23. The van der Waals surface area contributed by atoms with Crippen molar-refractivity contribution in [3.8, 4) is 0 Å². The van der Waals surface area contributed by atoms with Crippen LogP contribution in [0.15, 0.2) is 36.9 Å². The fourth-order valence-electron chi connectivity index (χ4n) is 3.18. The molecule has 0 aromatic heterocycles. The maximum Gasteiger partial charge on any atom is 0.223 e. The van der Waals surface area contributed by atoms with Gasteiger partial charge in [0.1, 0.15) is 5.82 Å². The third-order valence-electron chi connectivity index (χ3n) is 4.66. The van der Waals surface area contributed by atoms with E-state index in [-0.39, 0.29) is 24.1 Å². The van der Waals surface area contributed by atoms with E-state index >= 15 is 0 Å². The standard InChI is InChI=1S/C19H27FN2O.ClH/c1-3-11-22(14-17-7-4-5-9-18(17)20)19(23)12-15(2)16-8-6-10-21-13-16;/h3-5,7,9,15-16,21H,1,6,8,10-14H2,2H3;1H. The molecule has 5 heteroatoms. The highest BCUT2D eigenvalue weighted by molar-refractivity contribution is 5.85. The summed E-state index contributed by atoms with van der Waals surface area (Å²) in [5.41, 5.74) is 0.551. The third-order valence-corrected chi connectivity index (χ3v) is 4.66. The van der Waals surface area contributed by atoms with Gasteiger partial charge in [-0.15, -0.1) is 19.0 Å². The number of carbonyl (C=O) groups is 1. The molecule has 3 nitrogen and oxygen atoms in total. The third kappa shape index (κ3) is 5.91. The Hall–Kier alpha value is -1.39. The zero-order chi connectivity index (χ0) is 16.7. The number of carbonyl (C=O) groups excluding carboxylic acids is 1. The van der Waals surface area contributed by atoms with Crippen LogP contribution < -0.4 is 5.32 Å². The summed E-state index contributed by atoms with van der Waals surface area (Å²) in [4.78, 5) is 14.3. The molecule has 134 valence electrons. The van der Waals surface area contributed by atoms with E-state index in [4.69, 9.17) is 0 Å². The topological polar surface area (TPSA) is 32.3 Å². The van der Waals surface area contributed by atoms with E-state index in [2.05, 4.69) is 18.8 Å². The Labute approximate surface area is 150 Å². The summed E-state index contributed by atoms with van der Waals surface area (Å²) >= 11 is 0. The number of hydrogen-bond acceptors (Lipinski definition) is 2. The molecule has 1 aliphatic rings. The Morgan fingerprint density at radius 3 is 2.88 bits per heavy atom. The molecule has 1 aliphatic heterocycles. The van der Waals surface area contributed by atoms with Crippen LogP contribution in [0.25, 0.3) is 0 Å². The van der Waals surface area contributed by atoms with Crippen LogP contribution in [0.2, 0.25) is 0 Å². The van der Waals surface area contributed by atoms with E-state index in [1.54, 1.807) is 29.2 Å². The van der Waals surface area contributed by atoms with E-state index in [1.165, 1.54) is 18.9 Å². The molecule has 1 N–H and O–H groups in total. The number of piperidine rings is 1. The summed E-state index contributed by atoms with van der Waals surface area (Å²) in [6.07, 6.45) is 4.56. The molecule has 0 bridgehead atoms. The van der Waals surface area contributed by atoms with Gasteiger partial charge in [-0.25, -0.2) is 4.39 Å². The van der Waals surface area contributed by atoms with Crippen molar-refractivity contribution in [2.24, 2.45) is 11.8 Å². The largest absolute Gasteiger partial charge is 0.335 e. The van der Waals surface area contributed by atoms with Crippen LogP contribution >= 0.6 is 12.4 Å². The molecule has 24 heavy (non-hydrogen) atoms. The van der Waals surface area contributed by atoms with Crippen molar-refractivity contribution >= 4 is 18.3 Å². The summed E-state index contributed by atoms with van der Waals surface area (Å²) in [6.45, 7) is 8.67.